The zero-order valence-corrected chi connectivity index (χ0v) is 15.8. The monoisotopic (exact) mass is 396 g/mol. The van der Waals surface area contributed by atoms with Gasteiger partial charge in [-0.2, -0.15) is 10.4 Å². The van der Waals surface area contributed by atoms with Crippen molar-refractivity contribution in [1.29, 1.82) is 5.26 Å². The molecule has 0 amide bonds. The normalized spacial score (nSPS) is 15.9. The quantitative estimate of drug-likeness (QED) is 0.680. The second kappa shape index (κ2) is 6.66. The molecule has 1 aromatic heterocycles. The number of allylic oxidation sites excluding steroid dienone is 1. The zero-order chi connectivity index (χ0) is 19.1. The number of nitrogens with two attached hydrogens (primary N) is 1. The molecule has 0 fully saturated rings. The van der Waals surface area contributed by atoms with E-state index < -0.39 is 5.92 Å². The van der Waals surface area contributed by atoms with E-state index in [1.54, 1.807) is 16.8 Å². The predicted molar refractivity (Wildman–Crippen MR) is 104 cm³/mol. The Balaban J connectivity index is 1.97. The van der Waals surface area contributed by atoms with Gasteiger partial charge in [-0.3, -0.25) is 0 Å². The highest BCUT2D eigenvalue weighted by Crippen LogP contribution is 2.45. The summed E-state index contributed by atoms with van der Waals surface area (Å²) in [6.45, 7) is 1.88. The van der Waals surface area contributed by atoms with Crippen molar-refractivity contribution in [2.24, 2.45) is 5.73 Å². The van der Waals surface area contributed by atoms with Crippen molar-refractivity contribution < 1.29 is 4.74 Å². The lowest BCUT2D eigenvalue weighted by Gasteiger charge is -2.25. The van der Waals surface area contributed by atoms with Crippen LogP contribution in [0.3, 0.4) is 0 Å². The van der Waals surface area contributed by atoms with Gasteiger partial charge in [0.1, 0.15) is 11.6 Å². The summed E-state index contributed by atoms with van der Waals surface area (Å²) in [5, 5.41) is 15.2. The number of aromatic nitrogens is 2. The second-order valence-corrected chi connectivity index (χ2v) is 6.96. The first kappa shape index (κ1) is 17.5. The molecular weight excluding hydrogens is 383 g/mol. The van der Waals surface area contributed by atoms with Gasteiger partial charge in [0, 0.05) is 0 Å². The summed E-state index contributed by atoms with van der Waals surface area (Å²) in [5.41, 5.74) is 9.56. The molecule has 1 aliphatic rings. The third-order valence-electron chi connectivity index (χ3n) is 4.51. The highest BCUT2D eigenvalue weighted by Gasteiger charge is 2.36. The molecule has 0 aliphatic carbocycles. The molecule has 7 heteroatoms. The Kier molecular flexibility index (Phi) is 4.31. The van der Waals surface area contributed by atoms with E-state index in [0.717, 1.165) is 22.5 Å². The molecule has 0 unspecified atom stereocenters. The molecular formula is C20H14Cl2N4O. The molecule has 0 bridgehead atoms. The minimum absolute atomic E-state index is 0.0538. The Bertz CT molecular complexity index is 1110. The summed E-state index contributed by atoms with van der Waals surface area (Å²) in [6.07, 6.45) is 0. The third kappa shape index (κ3) is 2.84. The lowest BCUT2D eigenvalue weighted by atomic mass is 9.84. The number of nitriles is 1. The highest BCUT2D eigenvalue weighted by molar-refractivity contribution is 6.42. The van der Waals surface area contributed by atoms with Gasteiger partial charge >= 0.3 is 0 Å². The van der Waals surface area contributed by atoms with E-state index in [-0.39, 0.29) is 5.88 Å². The molecule has 134 valence electrons. The van der Waals surface area contributed by atoms with Crippen LogP contribution in [0, 0.1) is 18.3 Å². The minimum atomic E-state index is -0.439. The Hall–Kier alpha value is -2.94. The first-order valence-electron chi connectivity index (χ1n) is 8.18. The number of halogens is 2. The van der Waals surface area contributed by atoms with Crippen LogP contribution in [-0.4, -0.2) is 9.78 Å². The van der Waals surface area contributed by atoms with Crippen LogP contribution < -0.4 is 10.5 Å². The van der Waals surface area contributed by atoms with E-state index in [1.165, 1.54) is 0 Å². The van der Waals surface area contributed by atoms with Crippen LogP contribution in [0.2, 0.25) is 10.0 Å². The average Bonchev–Trinajstić information content (AvgIpc) is 2.99. The van der Waals surface area contributed by atoms with Crippen molar-refractivity contribution in [3.05, 3.63) is 86.9 Å². The summed E-state index contributed by atoms with van der Waals surface area (Å²) in [7, 11) is 0. The SMILES string of the molecule is Cc1nn(-c2ccccc2)c2c1[C@H](c1ccc(Cl)c(Cl)c1)C(C#N)=C(N)O2. The first-order valence-corrected chi connectivity index (χ1v) is 8.94. The summed E-state index contributed by atoms with van der Waals surface area (Å²) in [6, 6.07) is 17.0. The Morgan fingerprint density at radius 1 is 1.15 bits per heavy atom. The highest BCUT2D eigenvalue weighted by atomic mass is 35.5. The molecule has 2 N–H and O–H groups in total. The van der Waals surface area contributed by atoms with Crippen molar-refractivity contribution in [3.8, 4) is 17.6 Å². The van der Waals surface area contributed by atoms with Crippen molar-refractivity contribution >= 4 is 23.2 Å². The molecule has 1 aliphatic heterocycles. The second-order valence-electron chi connectivity index (χ2n) is 6.15. The van der Waals surface area contributed by atoms with Crippen molar-refractivity contribution in [2.75, 3.05) is 0 Å². The molecule has 2 heterocycles. The van der Waals surface area contributed by atoms with Gasteiger partial charge in [0.15, 0.2) is 0 Å². The van der Waals surface area contributed by atoms with Gasteiger partial charge in [0.05, 0.1) is 32.9 Å². The summed E-state index contributed by atoms with van der Waals surface area (Å²) in [4.78, 5) is 0. The molecule has 2 aromatic carbocycles. The molecule has 5 nitrogen and oxygen atoms in total. The van der Waals surface area contributed by atoms with Crippen LogP contribution in [0.1, 0.15) is 22.7 Å². The zero-order valence-electron chi connectivity index (χ0n) is 14.3. The van der Waals surface area contributed by atoms with Crippen LogP contribution in [0.5, 0.6) is 5.88 Å². The van der Waals surface area contributed by atoms with Crippen molar-refractivity contribution in [1.82, 2.24) is 9.78 Å². The topological polar surface area (TPSA) is 76.9 Å². The number of aryl methyl sites for hydroxylation is 1. The van der Waals surface area contributed by atoms with Crippen LogP contribution in [0.15, 0.2) is 60.0 Å². The fourth-order valence-electron chi connectivity index (χ4n) is 3.28. The third-order valence-corrected chi connectivity index (χ3v) is 5.25. The van der Waals surface area contributed by atoms with E-state index in [2.05, 4.69) is 11.2 Å². The molecule has 0 saturated carbocycles. The summed E-state index contributed by atoms with van der Waals surface area (Å²) >= 11 is 12.3. The smallest absolute Gasteiger partial charge is 0.229 e. The van der Waals surface area contributed by atoms with Crippen molar-refractivity contribution in [3.63, 3.8) is 0 Å². The number of fused-ring (bicyclic) bond motifs is 1. The number of benzene rings is 2. The molecule has 0 radical (unpaired) electrons. The Morgan fingerprint density at radius 3 is 2.56 bits per heavy atom. The van der Waals surface area contributed by atoms with Crippen LogP contribution >= 0.6 is 23.2 Å². The fraction of sp³-hybridized carbons (Fsp3) is 0.100. The van der Waals surface area contributed by atoms with E-state index in [4.69, 9.17) is 33.7 Å². The molecule has 4 rings (SSSR count). The Labute approximate surface area is 166 Å². The molecule has 0 spiro atoms. The number of nitrogens with zero attached hydrogens (tertiary/aromatic N) is 3. The van der Waals surface area contributed by atoms with Gasteiger partial charge in [-0.25, -0.2) is 4.68 Å². The maximum absolute atomic E-state index is 9.70. The van der Waals surface area contributed by atoms with Gasteiger partial charge in [-0.15, -0.1) is 0 Å². The first-order chi connectivity index (χ1) is 13.0. The largest absolute Gasteiger partial charge is 0.422 e. The number of hydrogen-bond donors (Lipinski definition) is 1. The Morgan fingerprint density at radius 2 is 1.89 bits per heavy atom. The lowest BCUT2D eigenvalue weighted by Crippen LogP contribution is -2.22. The van der Waals surface area contributed by atoms with Gasteiger partial charge < -0.3 is 10.5 Å². The standard InChI is InChI=1S/C20H14Cl2N4O/c1-11-17-18(12-7-8-15(21)16(22)9-12)14(10-23)19(24)27-20(17)26(25-11)13-5-3-2-4-6-13/h2-9,18H,24H2,1H3/t18-/m1/s1. The fourth-order valence-corrected chi connectivity index (χ4v) is 3.59. The van der Waals surface area contributed by atoms with E-state index in [1.807, 2.05) is 43.3 Å². The maximum Gasteiger partial charge on any atom is 0.229 e. The van der Waals surface area contributed by atoms with Crippen LogP contribution in [-0.2, 0) is 0 Å². The molecule has 27 heavy (non-hydrogen) atoms. The van der Waals surface area contributed by atoms with E-state index in [0.29, 0.717) is 21.5 Å². The average molecular weight is 397 g/mol. The number of ether oxygens (including phenoxy) is 1. The van der Waals surface area contributed by atoms with Gasteiger partial charge in [0.2, 0.25) is 11.8 Å². The number of hydrogen-bond acceptors (Lipinski definition) is 4. The van der Waals surface area contributed by atoms with Gasteiger partial charge in [-0.1, -0.05) is 47.5 Å². The molecule has 3 aromatic rings. The van der Waals surface area contributed by atoms with E-state index in [9.17, 15) is 5.26 Å². The van der Waals surface area contributed by atoms with Crippen molar-refractivity contribution in [2.45, 2.75) is 12.8 Å². The van der Waals surface area contributed by atoms with Crippen LogP contribution in [0.25, 0.3) is 5.69 Å². The number of rotatable bonds is 2. The molecule has 0 saturated heterocycles. The summed E-state index contributed by atoms with van der Waals surface area (Å²) < 4.78 is 7.51. The minimum Gasteiger partial charge on any atom is -0.422 e. The summed E-state index contributed by atoms with van der Waals surface area (Å²) in [5.74, 6) is 0.107. The predicted octanol–water partition coefficient (Wildman–Crippen LogP) is 4.71. The van der Waals surface area contributed by atoms with Crippen LogP contribution in [0.4, 0.5) is 0 Å². The van der Waals surface area contributed by atoms with E-state index >= 15 is 0 Å². The van der Waals surface area contributed by atoms with Gasteiger partial charge in [0.25, 0.3) is 0 Å². The maximum atomic E-state index is 9.70. The number of para-hydroxylation sites is 1. The molecule has 1 atom stereocenters. The van der Waals surface area contributed by atoms with Gasteiger partial charge in [-0.05, 0) is 36.8 Å². The lowest BCUT2D eigenvalue weighted by molar-refractivity contribution is 0.367.